The third-order valence-electron chi connectivity index (χ3n) is 2.54. The van der Waals surface area contributed by atoms with Gasteiger partial charge in [-0.15, -0.1) is 4.40 Å². The standard InChI is InChI=1S/C12H9INS.HI/c13-7-10-8-15-12-6-5-9-3-1-2-4-11(9)14(10)12;/h1-6,8H,7H2;1H/q+1;/p-1. The minimum Gasteiger partial charge on any atom is -1.00 e. The number of rotatable bonds is 1. The van der Waals surface area contributed by atoms with Crippen molar-refractivity contribution in [2.24, 2.45) is 0 Å². The van der Waals surface area contributed by atoms with E-state index < -0.39 is 0 Å². The van der Waals surface area contributed by atoms with Gasteiger partial charge in [0.1, 0.15) is 0 Å². The first kappa shape index (κ1) is 12.5. The molecule has 0 unspecified atom stereocenters. The van der Waals surface area contributed by atoms with Crippen molar-refractivity contribution in [3.05, 3.63) is 47.5 Å². The molecule has 3 aromatic rings. The number of hydrogen-bond acceptors (Lipinski definition) is 1. The Kier molecular flexibility index (Phi) is 4.01. The van der Waals surface area contributed by atoms with Crippen molar-refractivity contribution < 1.29 is 28.4 Å². The van der Waals surface area contributed by atoms with E-state index in [1.165, 1.54) is 21.4 Å². The molecule has 0 saturated heterocycles. The largest absolute Gasteiger partial charge is 1.00 e. The SMILES string of the molecule is ICc1csc2ccc3ccccc3[n+]12.[I-]. The van der Waals surface area contributed by atoms with E-state index in [-0.39, 0.29) is 24.0 Å². The molecule has 0 spiro atoms. The molecule has 16 heavy (non-hydrogen) atoms. The van der Waals surface area contributed by atoms with Crippen molar-refractivity contribution in [3.8, 4) is 0 Å². The van der Waals surface area contributed by atoms with E-state index in [0.29, 0.717) is 0 Å². The molecule has 3 rings (SSSR count). The van der Waals surface area contributed by atoms with Crippen LogP contribution in [-0.4, -0.2) is 0 Å². The highest BCUT2D eigenvalue weighted by molar-refractivity contribution is 14.1. The number of para-hydroxylation sites is 1. The highest BCUT2D eigenvalue weighted by atomic mass is 127. The number of aromatic nitrogens is 1. The first-order valence-corrected chi connectivity index (χ1v) is 7.16. The molecule has 4 heteroatoms. The van der Waals surface area contributed by atoms with Crippen molar-refractivity contribution >= 4 is 49.7 Å². The normalized spacial score (nSPS) is 10.6. The second-order valence-electron chi connectivity index (χ2n) is 3.43. The molecule has 2 heterocycles. The van der Waals surface area contributed by atoms with E-state index in [1.807, 2.05) is 11.3 Å². The summed E-state index contributed by atoms with van der Waals surface area (Å²) in [6, 6.07) is 12.9. The molecule has 0 saturated carbocycles. The van der Waals surface area contributed by atoms with Gasteiger partial charge in [0.15, 0.2) is 0 Å². The Morgan fingerprint density at radius 1 is 1.12 bits per heavy atom. The number of hydrogen-bond donors (Lipinski definition) is 0. The van der Waals surface area contributed by atoms with E-state index in [0.717, 1.165) is 4.43 Å². The van der Waals surface area contributed by atoms with E-state index >= 15 is 0 Å². The molecule has 0 radical (unpaired) electrons. The van der Waals surface area contributed by atoms with E-state index in [1.54, 1.807) is 0 Å². The Morgan fingerprint density at radius 2 is 1.94 bits per heavy atom. The van der Waals surface area contributed by atoms with Crippen LogP contribution >= 0.6 is 33.9 Å². The zero-order valence-corrected chi connectivity index (χ0v) is 13.5. The molecule has 2 aromatic heterocycles. The fraction of sp³-hybridized carbons (Fsp3) is 0.0833. The summed E-state index contributed by atoms with van der Waals surface area (Å²) in [5.74, 6) is 0. The number of halogens is 2. The van der Waals surface area contributed by atoms with Crippen LogP contribution in [0, 0.1) is 0 Å². The van der Waals surface area contributed by atoms with Crippen molar-refractivity contribution in [2.45, 2.75) is 4.43 Å². The molecule has 0 bridgehead atoms. The lowest BCUT2D eigenvalue weighted by Crippen LogP contribution is -3.00. The third-order valence-corrected chi connectivity index (χ3v) is 4.27. The summed E-state index contributed by atoms with van der Waals surface area (Å²) >= 11 is 4.23. The number of alkyl halides is 1. The molecule has 0 atom stereocenters. The Labute approximate surface area is 129 Å². The van der Waals surface area contributed by atoms with Crippen LogP contribution in [0.3, 0.4) is 0 Å². The lowest BCUT2D eigenvalue weighted by Gasteiger charge is -1.94. The maximum absolute atomic E-state index is 2.42. The minimum absolute atomic E-state index is 0. The molecule has 82 valence electrons. The monoisotopic (exact) mass is 453 g/mol. The smallest absolute Gasteiger partial charge is 0.267 e. The molecule has 0 amide bonds. The summed E-state index contributed by atoms with van der Waals surface area (Å²) in [7, 11) is 0. The lowest BCUT2D eigenvalue weighted by molar-refractivity contribution is -0.485. The molecule has 0 aliphatic heterocycles. The van der Waals surface area contributed by atoms with Gasteiger partial charge in [0.05, 0.1) is 9.81 Å². The molecule has 0 aliphatic carbocycles. The molecular formula is C12H9I2NS. The van der Waals surface area contributed by atoms with E-state index in [4.69, 9.17) is 0 Å². The predicted molar refractivity (Wildman–Crippen MR) is 72.7 cm³/mol. The van der Waals surface area contributed by atoms with Crippen molar-refractivity contribution in [1.82, 2.24) is 0 Å². The summed E-state index contributed by atoms with van der Waals surface area (Å²) in [5, 5.41) is 3.55. The third kappa shape index (κ3) is 1.95. The predicted octanol–water partition coefficient (Wildman–Crippen LogP) is 0.579. The maximum atomic E-state index is 2.42. The second-order valence-corrected chi connectivity index (χ2v) is 5.08. The van der Waals surface area contributed by atoms with E-state index in [9.17, 15) is 0 Å². The number of pyridine rings is 1. The van der Waals surface area contributed by atoms with Gasteiger partial charge in [0.25, 0.3) is 4.83 Å². The quantitative estimate of drug-likeness (QED) is 0.289. The summed E-state index contributed by atoms with van der Waals surface area (Å²) in [4.78, 5) is 1.32. The summed E-state index contributed by atoms with van der Waals surface area (Å²) in [6.45, 7) is 0. The molecule has 0 fully saturated rings. The van der Waals surface area contributed by atoms with E-state index in [2.05, 4.69) is 68.8 Å². The van der Waals surface area contributed by atoms with Gasteiger partial charge in [0.2, 0.25) is 11.2 Å². The fourth-order valence-corrected chi connectivity index (χ4v) is 3.62. The minimum atomic E-state index is 0. The van der Waals surface area contributed by atoms with Crippen LogP contribution in [0.1, 0.15) is 5.69 Å². The van der Waals surface area contributed by atoms with Gasteiger partial charge in [-0.05, 0) is 12.1 Å². The average molecular weight is 453 g/mol. The van der Waals surface area contributed by atoms with Crippen LogP contribution in [0.25, 0.3) is 15.7 Å². The van der Waals surface area contributed by atoms with Crippen LogP contribution < -0.4 is 28.4 Å². The Hall–Kier alpha value is 0.0500. The number of nitrogens with zero attached hydrogens (tertiary/aromatic N) is 1. The number of benzene rings is 1. The van der Waals surface area contributed by atoms with Crippen LogP contribution in [0.5, 0.6) is 0 Å². The van der Waals surface area contributed by atoms with Gasteiger partial charge < -0.3 is 24.0 Å². The van der Waals surface area contributed by atoms with Gasteiger partial charge in [-0.2, -0.15) is 0 Å². The summed E-state index contributed by atoms with van der Waals surface area (Å²) < 4.78 is 3.41. The van der Waals surface area contributed by atoms with Crippen molar-refractivity contribution in [2.75, 3.05) is 0 Å². The Balaban J connectivity index is 0.000000963. The van der Waals surface area contributed by atoms with Crippen molar-refractivity contribution in [3.63, 3.8) is 0 Å². The highest BCUT2D eigenvalue weighted by Crippen LogP contribution is 2.17. The first-order valence-electron chi connectivity index (χ1n) is 4.76. The highest BCUT2D eigenvalue weighted by Gasteiger charge is 2.15. The summed E-state index contributed by atoms with van der Waals surface area (Å²) in [6.07, 6.45) is 0. The number of thiazole rings is 1. The van der Waals surface area contributed by atoms with Gasteiger partial charge in [-0.1, -0.05) is 46.1 Å². The lowest BCUT2D eigenvalue weighted by atomic mass is 10.2. The topological polar surface area (TPSA) is 4.10 Å². The Bertz CT molecular complexity index is 633. The molecule has 0 N–H and O–H groups in total. The van der Waals surface area contributed by atoms with Crippen LogP contribution in [0.15, 0.2) is 41.8 Å². The second kappa shape index (κ2) is 5.14. The zero-order valence-electron chi connectivity index (χ0n) is 8.36. The van der Waals surface area contributed by atoms with Gasteiger partial charge in [-0.25, -0.2) is 0 Å². The van der Waals surface area contributed by atoms with Gasteiger partial charge in [0, 0.05) is 17.5 Å². The molecule has 1 aromatic carbocycles. The first-order chi connectivity index (χ1) is 7.40. The van der Waals surface area contributed by atoms with Crippen LogP contribution in [0.4, 0.5) is 0 Å². The molecular weight excluding hydrogens is 444 g/mol. The van der Waals surface area contributed by atoms with Crippen molar-refractivity contribution in [1.29, 1.82) is 0 Å². The average Bonchev–Trinajstić information content (AvgIpc) is 2.72. The zero-order chi connectivity index (χ0) is 10.3. The number of fused-ring (bicyclic) bond motifs is 3. The maximum Gasteiger partial charge on any atom is 0.267 e. The fourth-order valence-electron chi connectivity index (χ4n) is 1.85. The van der Waals surface area contributed by atoms with Gasteiger partial charge in [-0.3, -0.25) is 0 Å². The van der Waals surface area contributed by atoms with Gasteiger partial charge >= 0.3 is 0 Å². The Morgan fingerprint density at radius 3 is 2.75 bits per heavy atom. The molecule has 0 aliphatic rings. The van der Waals surface area contributed by atoms with Crippen LogP contribution in [-0.2, 0) is 4.43 Å². The molecule has 1 nitrogen and oxygen atoms in total. The van der Waals surface area contributed by atoms with Crippen LogP contribution in [0.2, 0.25) is 0 Å². The summed E-state index contributed by atoms with van der Waals surface area (Å²) in [5.41, 5.74) is 2.69.